The highest BCUT2D eigenvalue weighted by atomic mass is 79.9. The fraction of sp³-hybridized carbons (Fsp3) is 0.316. The summed E-state index contributed by atoms with van der Waals surface area (Å²) in [5, 5.41) is 2.81. The summed E-state index contributed by atoms with van der Waals surface area (Å²) in [7, 11) is 0. The summed E-state index contributed by atoms with van der Waals surface area (Å²) < 4.78 is 20.1. The zero-order chi connectivity index (χ0) is 18.2. The summed E-state index contributed by atoms with van der Waals surface area (Å²) in [5.74, 6) is 1.65. The third kappa shape index (κ3) is 6.36. The molecule has 0 aliphatic carbocycles. The molecule has 25 heavy (non-hydrogen) atoms. The molecule has 134 valence electrons. The van der Waals surface area contributed by atoms with Gasteiger partial charge in [0, 0.05) is 22.5 Å². The lowest BCUT2D eigenvalue weighted by atomic mass is 10.1. The topological polar surface area (TPSA) is 38.3 Å². The highest BCUT2D eigenvalue weighted by molar-refractivity contribution is 9.10. The Kier molecular flexibility index (Phi) is 7.78. The van der Waals surface area contributed by atoms with Crippen LogP contribution in [0.5, 0.6) is 5.75 Å². The first-order chi connectivity index (χ1) is 12.0. The van der Waals surface area contributed by atoms with Crippen LogP contribution in [-0.4, -0.2) is 24.8 Å². The van der Waals surface area contributed by atoms with Crippen LogP contribution in [0, 0.1) is 19.7 Å². The second kappa shape index (κ2) is 9.82. The van der Waals surface area contributed by atoms with Gasteiger partial charge in [-0.15, -0.1) is 0 Å². The SMILES string of the molecule is Cc1cc(OCC(=O)NCCSCc2ccccc2F)cc(C)c1Br. The Morgan fingerprint density at radius 2 is 1.92 bits per heavy atom. The maximum atomic E-state index is 13.5. The van der Waals surface area contributed by atoms with Crippen LogP contribution in [0.15, 0.2) is 40.9 Å². The van der Waals surface area contributed by atoms with Gasteiger partial charge in [-0.25, -0.2) is 4.39 Å². The van der Waals surface area contributed by atoms with E-state index in [0.717, 1.165) is 21.4 Å². The number of ether oxygens (including phenoxy) is 1. The van der Waals surface area contributed by atoms with Crippen molar-refractivity contribution in [3.63, 3.8) is 0 Å². The summed E-state index contributed by atoms with van der Waals surface area (Å²) in [6.45, 7) is 4.48. The van der Waals surface area contributed by atoms with Gasteiger partial charge in [-0.2, -0.15) is 11.8 Å². The van der Waals surface area contributed by atoms with Gasteiger partial charge in [0.15, 0.2) is 6.61 Å². The lowest BCUT2D eigenvalue weighted by Crippen LogP contribution is -2.30. The van der Waals surface area contributed by atoms with Gasteiger partial charge in [-0.3, -0.25) is 4.79 Å². The van der Waals surface area contributed by atoms with E-state index >= 15 is 0 Å². The molecule has 3 nitrogen and oxygen atoms in total. The van der Waals surface area contributed by atoms with Crippen LogP contribution < -0.4 is 10.1 Å². The molecule has 0 saturated heterocycles. The molecule has 0 atom stereocenters. The van der Waals surface area contributed by atoms with Crippen LogP contribution in [0.3, 0.4) is 0 Å². The molecule has 0 saturated carbocycles. The molecule has 2 rings (SSSR count). The fourth-order valence-electron chi connectivity index (χ4n) is 2.25. The second-order valence-corrected chi connectivity index (χ2v) is 7.55. The summed E-state index contributed by atoms with van der Waals surface area (Å²) in [6.07, 6.45) is 0. The highest BCUT2D eigenvalue weighted by Crippen LogP contribution is 2.26. The average molecular weight is 426 g/mol. The van der Waals surface area contributed by atoms with Crippen molar-refractivity contribution in [1.82, 2.24) is 5.32 Å². The van der Waals surface area contributed by atoms with Crippen LogP contribution >= 0.6 is 27.7 Å². The molecule has 0 spiro atoms. The van der Waals surface area contributed by atoms with Crippen molar-refractivity contribution in [1.29, 1.82) is 0 Å². The number of nitrogens with one attached hydrogen (secondary N) is 1. The van der Waals surface area contributed by atoms with Crippen LogP contribution in [0.4, 0.5) is 4.39 Å². The van der Waals surface area contributed by atoms with Crippen molar-refractivity contribution >= 4 is 33.6 Å². The van der Waals surface area contributed by atoms with E-state index in [1.54, 1.807) is 23.9 Å². The first kappa shape index (κ1) is 19.8. The normalized spacial score (nSPS) is 10.6. The maximum absolute atomic E-state index is 13.5. The van der Waals surface area contributed by atoms with Crippen LogP contribution in [0.25, 0.3) is 0 Å². The number of carbonyl (C=O) groups excluding carboxylic acids is 1. The zero-order valence-corrected chi connectivity index (χ0v) is 16.7. The number of aryl methyl sites for hydroxylation is 2. The number of halogens is 2. The smallest absolute Gasteiger partial charge is 0.257 e. The Hall–Kier alpha value is -1.53. The minimum atomic E-state index is -0.187. The highest BCUT2D eigenvalue weighted by Gasteiger charge is 2.06. The van der Waals surface area contributed by atoms with Crippen molar-refractivity contribution in [2.45, 2.75) is 19.6 Å². The molecule has 0 aromatic heterocycles. The van der Waals surface area contributed by atoms with Crippen molar-refractivity contribution in [2.75, 3.05) is 18.9 Å². The molecule has 1 amide bonds. The van der Waals surface area contributed by atoms with Gasteiger partial charge in [-0.1, -0.05) is 34.1 Å². The van der Waals surface area contributed by atoms with Crippen molar-refractivity contribution in [2.24, 2.45) is 0 Å². The predicted molar refractivity (Wildman–Crippen MR) is 105 cm³/mol. The Morgan fingerprint density at radius 3 is 2.60 bits per heavy atom. The molecule has 0 heterocycles. The lowest BCUT2D eigenvalue weighted by molar-refractivity contribution is -0.122. The molecule has 2 aromatic carbocycles. The van der Waals surface area contributed by atoms with Gasteiger partial charge in [0.1, 0.15) is 11.6 Å². The van der Waals surface area contributed by atoms with Gasteiger partial charge < -0.3 is 10.1 Å². The standard InChI is InChI=1S/C19H21BrFNO2S/c1-13-9-16(10-14(2)19(13)20)24-11-18(23)22-7-8-25-12-15-5-3-4-6-17(15)21/h3-6,9-10H,7-8,11-12H2,1-2H3,(H,22,23). The molecular formula is C19H21BrFNO2S. The van der Waals surface area contributed by atoms with E-state index in [2.05, 4.69) is 21.2 Å². The molecule has 0 radical (unpaired) electrons. The molecule has 0 aliphatic heterocycles. The number of carbonyl (C=O) groups is 1. The largest absolute Gasteiger partial charge is 0.484 e. The third-order valence-corrected chi connectivity index (χ3v) is 5.82. The summed E-state index contributed by atoms with van der Waals surface area (Å²) in [4.78, 5) is 11.8. The summed E-state index contributed by atoms with van der Waals surface area (Å²) in [5.41, 5.74) is 2.82. The lowest BCUT2D eigenvalue weighted by Gasteiger charge is -2.10. The van der Waals surface area contributed by atoms with Crippen LogP contribution in [0.2, 0.25) is 0 Å². The summed E-state index contributed by atoms with van der Waals surface area (Å²) in [6, 6.07) is 10.5. The average Bonchev–Trinajstić information content (AvgIpc) is 2.59. The van der Waals surface area contributed by atoms with E-state index in [0.29, 0.717) is 23.6 Å². The molecule has 1 N–H and O–H groups in total. The minimum absolute atomic E-state index is 0.0154. The predicted octanol–water partition coefficient (Wildman–Crippen LogP) is 4.63. The third-order valence-electron chi connectivity index (χ3n) is 3.56. The molecule has 0 bridgehead atoms. The monoisotopic (exact) mass is 425 g/mol. The van der Waals surface area contributed by atoms with E-state index in [1.165, 1.54) is 6.07 Å². The summed E-state index contributed by atoms with van der Waals surface area (Å²) >= 11 is 5.08. The van der Waals surface area contributed by atoms with Crippen molar-refractivity contribution < 1.29 is 13.9 Å². The Bertz CT molecular complexity index is 716. The maximum Gasteiger partial charge on any atom is 0.257 e. The van der Waals surface area contributed by atoms with Gasteiger partial charge in [0.25, 0.3) is 5.91 Å². The fourth-order valence-corrected chi connectivity index (χ4v) is 3.32. The van der Waals surface area contributed by atoms with E-state index in [9.17, 15) is 9.18 Å². The quantitative estimate of drug-likeness (QED) is 0.626. The van der Waals surface area contributed by atoms with Crippen molar-refractivity contribution in [3.8, 4) is 5.75 Å². The first-order valence-electron chi connectivity index (χ1n) is 7.94. The number of thioether (sulfide) groups is 1. The molecular weight excluding hydrogens is 405 g/mol. The van der Waals surface area contributed by atoms with E-state index < -0.39 is 0 Å². The molecule has 6 heteroatoms. The van der Waals surface area contributed by atoms with Gasteiger partial charge in [0.05, 0.1) is 0 Å². The van der Waals surface area contributed by atoms with E-state index in [4.69, 9.17) is 4.74 Å². The van der Waals surface area contributed by atoms with Crippen molar-refractivity contribution in [3.05, 3.63) is 63.4 Å². The number of hydrogen-bond donors (Lipinski definition) is 1. The Balaban J connectivity index is 1.65. The van der Waals surface area contributed by atoms with Gasteiger partial charge in [0.2, 0.25) is 0 Å². The zero-order valence-electron chi connectivity index (χ0n) is 14.3. The number of amides is 1. The first-order valence-corrected chi connectivity index (χ1v) is 9.89. The second-order valence-electron chi connectivity index (χ2n) is 5.65. The molecule has 0 unspecified atom stereocenters. The molecule has 0 fully saturated rings. The van der Waals surface area contributed by atoms with Crippen LogP contribution in [0.1, 0.15) is 16.7 Å². The number of rotatable bonds is 8. The van der Waals surface area contributed by atoms with Crippen LogP contribution in [-0.2, 0) is 10.5 Å². The Labute approximate surface area is 160 Å². The van der Waals surface area contributed by atoms with Gasteiger partial charge in [-0.05, 0) is 48.7 Å². The molecule has 2 aromatic rings. The number of benzene rings is 2. The van der Waals surface area contributed by atoms with Gasteiger partial charge >= 0.3 is 0 Å². The van der Waals surface area contributed by atoms with E-state index in [-0.39, 0.29) is 18.3 Å². The number of hydrogen-bond acceptors (Lipinski definition) is 3. The van der Waals surface area contributed by atoms with E-state index in [1.807, 2.05) is 32.0 Å². The minimum Gasteiger partial charge on any atom is -0.484 e. The Morgan fingerprint density at radius 1 is 1.24 bits per heavy atom. The molecule has 0 aliphatic rings.